The van der Waals surface area contributed by atoms with Crippen LogP contribution >= 0.6 is 0 Å². The lowest BCUT2D eigenvalue weighted by Gasteiger charge is -2.21. The number of ether oxygens (including phenoxy) is 4. The minimum Gasteiger partial charge on any atom is -0.497 e. The van der Waals surface area contributed by atoms with E-state index in [4.69, 9.17) is 18.9 Å². The van der Waals surface area contributed by atoms with E-state index in [1.165, 1.54) is 43.1 Å². The molecule has 0 N–H and O–H groups in total. The predicted molar refractivity (Wildman–Crippen MR) is 215 cm³/mol. The van der Waals surface area contributed by atoms with E-state index in [9.17, 15) is 0 Å². The first-order chi connectivity index (χ1) is 25.3. The van der Waals surface area contributed by atoms with Crippen LogP contribution in [-0.4, -0.2) is 28.4 Å². The van der Waals surface area contributed by atoms with Gasteiger partial charge in [0.05, 0.1) is 28.4 Å². The first-order valence-corrected chi connectivity index (χ1v) is 17.6. The Balaban J connectivity index is 1.79. The molecule has 0 bridgehead atoms. The largest absolute Gasteiger partial charge is 0.497 e. The Kier molecular flexibility index (Phi) is 9.49. The third-order valence-electron chi connectivity index (χ3n) is 10.2. The quantitative estimate of drug-likeness (QED) is 0.149. The highest BCUT2D eigenvalue weighted by molar-refractivity contribution is 6.07. The van der Waals surface area contributed by atoms with Crippen molar-refractivity contribution in [2.45, 2.75) is 27.7 Å². The SMILES string of the molecule is COc1ccc(C(c2ccc(OC)cc2C)=c2c3ccccc3c(=C(c3ccc(OC)cc3C)c3ccc(OC)cc3C)c3ccccc23)c(C)c1. The average molecular weight is 685 g/mol. The molecule has 0 aliphatic heterocycles. The summed E-state index contributed by atoms with van der Waals surface area (Å²) in [7, 11) is 6.87. The van der Waals surface area contributed by atoms with Crippen LogP contribution < -0.4 is 29.4 Å². The molecule has 0 fully saturated rings. The van der Waals surface area contributed by atoms with Gasteiger partial charge in [0, 0.05) is 0 Å². The zero-order valence-electron chi connectivity index (χ0n) is 31.2. The van der Waals surface area contributed by atoms with E-state index in [1.807, 2.05) is 0 Å². The molecule has 7 aromatic rings. The van der Waals surface area contributed by atoms with Crippen LogP contribution in [0.1, 0.15) is 44.5 Å². The maximum Gasteiger partial charge on any atom is 0.119 e. The van der Waals surface area contributed by atoms with Gasteiger partial charge in [-0.15, -0.1) is 0 Å². The van der Waals surface area contributed by atoms with Gasteiger partial charge in [0.25, 0.3) is 0 Å². The molecule has 4 nitrogen and oxygen atoms in total. The van der Waals surface area contributed by atoms with Gasteiger partial charge in [0.1, 0.15) is 23.0 Å². The van der Waals surface area contributed by atoms with Gasteiger partial charge in [-0.3, -0.25) is 0 Å². The molecule has 0 saturated heterocycles. The van der Waals surface area contributed by atoms with Crippen molar-refractivity contribution in [1.82, 2.24) is 0 Å². The van der Waals surface area contributed by atoms with Crippen LogP contribution in [0.5, 0.6) is 23.0 Å². The molecular formula is C48H44O4. The Labute approximate surface area is 306 Å². The number of methoxy groups -OCH3 is 4. The number of benzene rings is 7. The number of hydrogen-bond acceptors (Lipinski definition) is 4. The normalized spacial score (nSPS) is 11.1. The molecule has 0 aliphatic rings. The second-order valence-electron chi connectivity index (χ2n) is 13.3. The van der Waals surface area contributed by atoms with Gasteiger partial charge in [-0.25, -0.2) is 0 Å². The fourth-order valence-electron chi connectivity index (χ4n) is 7.67. The Morgan fingerprint density at radius 3 is 0.750 bits per heavy atom. The fourth-order valence-corrected chi connectivity index (χ4v) is 7.67. The second-order valence-corrected chi connectivity index (χ2v) is 13.3. The van der Waals surface area contributed by atoms with E-state index in [1.54, 1.807) is 28.4 Å². The van der Waals surface area contributed by atoms with Crippen molar-refractivity contribution in [2.75, 3.05) is 28.4 Å². The number of hydrogen-bond donors (Lipinski definition) is 0. The lowest BCUT2D eigenvalue weighted by atomic mass is 9.83. The molecule has 0 saturated carbocycles. The summed E-state index contributed by atoms with van der Waals surface area (Å²) in [6.45, 7) is 8.67. The van der Waals surface area contributed by atoms with E-state index < -0.39 is 0 Å². The molecule has 52 heavy (non-hydrogen) atoms. The Hall–Kier alpha value is -6.00. The highest BCUT2D eigenvalue weighted by Crippen LogP contribution is 2.35. The van der Waals surface area contributed by atoms with Crippen LogP contribution in [0.4, 0.5) is 0 Å². The zero-order valence-corrected chi connectivity index (χ0v) is 31.2. The first-order valence-electron chi connectivity index (χ1n) is 17.6. The molecule has 4 heteroatoms. The van der Waals surface area contributed by atoms with Crippen molar-refractivity contribution in [3.8, 4) is 23.0 Å². The van der Waals surface area contributed by atoms with Gasteiger partial charge in [-0.05, 0) is 164 Å². The molecule has 0 amide bonds. The first kappa shape index (κ1) is 34.4. The van der Waals surface area contributed by atoms with Crippen molar-refractivity contribution in [2.24, 2.45) is 0 Å². The molecule has 0 aliphatic carbocycles. The smallest absolute Gasteiger partial charge is 0.119 e. The van der Waals surface area contributed by atoms with Gasteiger partial charge in [-0.1, -0.05) is 72.8 Å². The van der Waals surface area contributed by atoms with Crippen LogP contribution in [-0.2, 0) is 0 Å². The topological polar surface area (TPSA) is 36.9 Å². The molecule has 0 radical (unpaired) electrons. The van der Waals surface area contributed by atoms with Crippen molar-refractivity contribution in [3.05, 3.63) is 176 Å². The highest BCUT2D eigenvalue weighted by Gasteiger charge is 2.21. The Bertz CT molecular complexity index is 2260. The standard InChI is InChI=1S/C48H44O4/c1-29-25-33(49-5)17-21-37(29)45(38-22-18-34(50-6)26-30(38)2)47-41-13-9-11-15-43(41)48(44-16-12-10-14-42(44)47)46(39-23-19-35(51-7)27-31(39)3)40-24-20-36(52-8)28-32(40)4/h9-28H,1-8H3. The molecule has 0 heterocycles. The summed E-state index contributed by atoms with van der Waals surface area (Å²) in [4.78, 5) is 0. The minimum atomic E-state index is 0.834. The van der Waals surface area contributed by atoms with E-state index >= 15 is 0 Å². The van der Waals surface area contributed by atoms with Crippen molar-refractivity contribution < 1.29 is 18.9 Å². The minimum absolute atomic E-state index is 0.834. The van der Waals surface area contributed by atoms with Crippen LogP contribution in [0.15, 0.2) is 121 Å². The number of rotatable bonds is 8. The predicted octanol–water partition coefficient (Wildman–Crippen LogP) is 9.76. The van der Waals surface area contributed by atoms with Gasteiger partial charge in [-0.2, -0.15) is 0 Å². The molecule has 0 spiro atoms. The van der Waals surface area contributed by atoms with Gasteiger partial charge >= 0.3 is 0 Å². The van der Waals surface area contributed by atoms with E-state index in [2.05, 4.69) is 149 Å². The lowest BCUT2D eigenvalue weighted by Crippen LogP contribution is -2.21. The lowest BCUT2D eigenvalue weighted by molar-refractivity contribution is 0.414. The van der Waals surface area contributed by atoms with Crippen LogP contribution in [0, 0.1) is 27.7 Å². The molecule has 7 rings (SSSR count). The monoisotopic (exact) mass is 684 g/mol. The van der Waals surface area contributed by atoms with Crippen LogP contribution in [0.3, 0.4) is 0 Å². The maximum atomic E-state index is 5.67. The fraction of sp³-hybridized carbons (Fsp3) is 0.167. The van der Waals surface area contributed by atoms with Crippen molar-refractivity contribution in [1.29, 1.82) is 0 Å². The van der Waals surface area contributed by atoms with Crippen LogP contribution in [0.25, 0.3) is 32.7 Å². The van der Waals surface area contributed by atoms with Gasteiger partial charge in [0.15, 0.2) is 0 Å². The summed E-state index contributed by atoms with van der Waals surface area (Å²) in [5.41, 5.74) is 11.5. The maximum absolute atomic E-state index is 5.67. The molecule has 0 unspecified atom stereocenters. The molecule has 7 aromatic carbocycles. The number of fused-ring (bicyclic) bond motifs is 2. The Morgan fingerprint density at radius 1 is 0.327 bits per heavy atom. The molecular weight excluding hydrogens is 641 g/mol. The van der Waals surface area contributed by atoms with Crippen molar-refractivity contribution >= 4 is 32.7 Å². The van der Waals surface area contributed by atoms with E-state index in [0.29, 0.717) is 0 Å². The van der Waals surface area contributed by atoms with Gasteiger partial charge < -0.3 is 18.9 Å². The summed E-state index contributed by atoms with van der Waals surface area (Å²) < 4.78 is 22.7. The molecule has 0 atom stereocenters. The number of aryl methyl sites for hydroxylation is 4. The summed E-state index contributed by atoms with van der Waals surface area (Å²) in [5, 5.41) is 7.07. The van der Waals surface area contributed by atoms with E-state index in [0.717, 1.165) is 67.5 Å². The summed E-state index contributed by atoms with van der Waals surface area (Å²) >= 11 is 0. The van der Waals surface area contributed by atoms with Crippen LogP contribution in [0.2, 0.25) is 0 Å². The second kappa shape index (κ2) is 14.3. The molecule has 260 valence electrons. The Morgan fingerprint density at radius 2 is 0.558 bits per heavy atom. The molecule has 0 aromatic heterocycles. The third kappa shape index (κ3) is 6.05. The van der Waals surface area contributed by atoms with Gasteiger partial charge in [0.2, 0.25) is 0 Å². The van der Waals surface area contributed by atoms with E-state index in [-0.39, 0.29) is 0 Å². The summed E-state index contributed by atoms with van der Waals surface area (Å²) in [5.74, 6) is 3.34. The average Bonchev–Trinajstić information content (AvgIpc) is 3.17. The highest BCUT2D eigenvalue weighted by atomic mass is 16.5. The zero-order chi connectivity index (χ0) is 36.5. The third-order valence-corrected chi connectivity index (χ3v) is 10.2. The van der Waals surface area contributed by atoms with Crippen molar-refractivity contribution in [3.63, 3.8) is 0 Å². The summed E-state index contributed by atoms with van der Waals surface area (Å²) in [6, 6.07) is 43.2. The summed E-state index contributed by atoms with van der Waals surface area (Å²) in [6.07, 6.45) is 0.